The minimum atomic E-state index is -3.55. The number of hydrogen-bond donors (Lipinski definition) is 2. The number of rotatable bonds is 10. The topological polar surface area (TPSA) is 95.6 Å². The molecule has 1 fully saturated rings. The molecule has 0 aliphatic carbocycles. The molecule has 1 saturated heterocycles. The maximum absolute atomic E-state index is 13.9. The van der Waals surface area contributed by atoms with Gasteiger partial charge in [0.15, 0.2) is 9.84 Å². The molecule has 2 aromatic rings. The van der Waals surface area contributed by atoms with E-state index < -0.39 is 22.2 Å². The summed E-state index contributed by atoms with van der Waals surface area (Å²) in [6.07, 6.45) is -0.699. The number of carbonyl (C=O) groups excluding carboxylic acids is 2. The predicted octanol–water partition coefficient (Wildman–Crippen LogP) is 4.64. The summed E-state index contributed by atoms with van der Waals surface area (Å²) in [4.78, 5) is 26.6. The van der Waals surface area contributed by atoms with Crippen molar-refractivity contribution in [2.24, 2.45) is 0 Å². The molecule has 1 aliphatic rings. The lowest BCUT2D eigenvalue weighted by molar-refractivity contribution is -0.121. The Bertz CT molecular complexity index is 1240. The summed E-state index contributed by atoms with van der Waals surface area (Å²) in [5, 5.41) is 5.90. The van der Waals surface area contributed by atoms with Crippen LogP contribution >= 0.6 is 11.6 Å². The molecule has 1 aliphatic heterocycles. The molecular weight excluding hydrogens is 543 g/mol. The summed E-state index contributed by atoms with van der Waals surface area (Å²) in [5.74, 6) is -0.751. The van der Waals surface area contributed by atoms with E-state index in [1.54, 1.807) is 6.92 Å². The van der Waals surface area contributed by atoms with Crippen LogP contribution in [0.2, 0.25) is 5.02 Å². The first-order valence-corrected chi connectivity index (χ1v) is 14.3. The fraction of sp³-hybridized carbons (Fsp3) is 0.462. The van der Waals surface area contributed by atoms with Crippen LogP contribution in [-0.4, -0.2) is 50.0 Å². The van der Waals surface area contributed by atoms with Gasteiger partial charge in [-0.2, -0.15) is 0 Å². The van der Waals surface area contributed by atoms with E-state index in [1.165, 1.54) is 43.3 Å². The summed E-state index contributed by atoms with van der Waals surface area (Å²) in [6, 6.07) is 8.49. The summed E-state index contributed by atoms with van der Waals surface area (Å²) in [5.41, 5.74) is 0.556. The Hall–Kier alpha value is -2.63. The SMILES string of the molecule is CCC(=O)NC1CCCN(Cc2ccc(C(=O)NCc3cc(Cl)ccc3S(=O)(=O)CC)cc2C(F)F)C1.F. The van der Waals surface area contributed by atoms with Gasteiger partial charge in [-0.15, -0.1) is 0 Å². The number of hydrogen-bond acceptors (Lipinski definition) is 5. The van der Waals surface area contributed by atoms with Crippen LogP contribution in [0.15, 0.2) is 41.3 Å². The van der Waals surface area contributed by atoms with E-state index in [4.69, 9.17) is 11.6 Å². The van der Waals surface area contributed by atoms with Crippen LogP contribution in [0.5, 0.6) is 0 Å². The first-order valence-electron chi connectivity index (χ1n) is 12.3. The van der Waals surface area contributed by atoms with Gasteiger partial charge in [-0.1, -0.05) is 31.5 Å². The second kappa shape index (κ2) is 14.0. The zero-order valence-corrected chi connectivity index (χ0v) is 22.9. The van der Waals surface area contributed by atoms with Crippen LogP contribution in [-0.2, 0) is 27.7 Å². The molecule has 2 aromatic carbocycles. The number of sulfone groups is 1. The molecule has 1 unspecified atom stereocenters. The number of carbonyl (C=O) groups is 2. The molecule has 1 heterocycles. The third kappa shape index (κ3) is 8.18. The molecule has 0 radical (unpaired) electrons. The second-order valence-electron chi connectivity index (χ2n) is 9.05. The van der Waals surface area contributed by atoms with Crippen molar-refractivity contribution in [3.05, 3.63) is 63.7 Å². The Morgan fingerprint density at radius 1 is 1.13 bits per heavy atom. The smallest absolute Gasteiger partial charge is 0.264 e. The van der Waals surface area contributed by atoms with E-state index in [0.29, 0.717) is 29.1 Å². The third-order valence-corrected chi connectivity index (χ3v) is 8.47. The van der Waals surface area contributed by atoms with Gasteiger partial charge < -0.3 is 10.6 Å². The predicted molar refractivity (Wildman–Crippen MR) is 141 cm³/mol. The van der Waals surface area contributed by atoms with Crippen molar-refractivity contribution < 1.29 is 31.5 Å². The normalized spacial score (nSPS) is 16.1. The minimum absolute atomic E-state index is 0. The molecule has 7 nitrogen and oxygen atoms in total. The molecule has 1 atom stereocenters. The number of alkyl halides is 2. The van der Waals surface area contributed by atoms with E-state index in [1.807, 2.05) is 4.90 Å². The van der Waals surface area contributed by atoms with Gasteiger partial charge >= 0.3 is 0 Å². The average Bonchev–Trinajstić information content (AvgIpc) is 2.87. The Morgan fingerprint density at radius 3 is 2.53 bits per heavy atom. The van der Waals surface area contributed by atoms with Crippen molar-refractivity contribution in [2.75, 3.05) is 18.8 Å². The van der Waals surface area contributed by atoms with Gasteiger partial charge in [-0.05, 0) is 60.8 Å². The monoisotopic (exact) mass is 575 g/mol. The highest BCUT2D eigenvalue weighted by molar-refractivity contribution is 7.91. The Morgan fingerprint density at radius 2 is 1.87 bits per heavy atom. The van der Waals surface area contributed by atoms with Gasteiger partial charge in [0, 0.05) is 48.2 Å². The molecule has 2 amide bonds. The molecule has 0 saturated carbocycles. The van der Waals surface area contributed by atoms with Gasteiger partial charge in [-0.25, -0.2) is 17.2 Å². The third-order valence-electron chi connectivity index (χ3n) is 6.41. The van der Waals surface area contributed by atoms with Crippen LogP contribution in [0, 0.1) is 0 Å². The summed E-state index contributed by atoms with van der Waals surface area (Å²) >= 11 is 6.02. The number of halogens is 4. The molecular formula is C26H33ClF3N3O4S. The summed E-state index contributed by atoms with van der Waals surface area (Å²) in [6.45, 7) is 4.75. The van der Waals surface area contributed by atoms with E-state index in [-0.39, 0.29) is 51.5 Å². The maximum atomic E-state index is 13.9. The molecule has 0 aromatic heterocycles. The minimum Gasteiger partial charge on any atom is -0.352 e. The molecule has 38 heavy (non-hydrogen) atoms. The van der Waals surface area contributed by atoms with E-state index >= 15 is 0 Å². The number of benzene rings is 2. The highest BCUT2D eigenvalue weighted by Gasteiger charge is 2.24. The first kappa shape index (κ1) is 31.6. The van der Waals surface area contributed by atoms with Crippen molar-refractivity contribution in [2.45, 2.75) is 63.6 Å². The lowest BCUT2D eigenvalue weighted by Crippen LogP contribution is -2.47. The first-order chi connectivity index (χ1) is 17.5. The quantitative estimate of drug-likeness (QED) is 0.430. The van der Waals surface area contributed by atoms with Gasteiger partial charge in [0.25, 0.3) is 12.3 Å². The van der Waals surface area contributed by atoms with Gasteiger partial charge in [0.05, 0.1) is 10.6 Å². The van der Waals surface area contributed by atoms with Crippen LogP contribution in [0.4, 0.5) is 13.5 Å². The Balaban J connectivity index is 0.00000507. The summed E-state index contributed by atoms with van der Waals surface area (Å²) in [7, 11) is -3.55. The standard InChI is InChI=1S/C26H32ClF2N3O4S.FH/c1-3-24(33)31-21-6-5-11-32(16-21)15-18-8-7-17(13-22(18)25(28)29)26(34)30-14-19-12-20(27)9-10-23(19)37(35,36)4-2;/h7-10,12-13,21,25H,3-6,11,14-16H2,1-2H3,(H,30,34)(H,31,33);1H. The van der Waals surface area contributed by atoms with Crippen LogP contribution in [0.25, 0.3) is 0 Å². The van der Waals surface area contributed by atoms with Crippen LogP contribution in [0.3, 0.4) is 0 Å². The number of piperidine rings is 1. The van der Waals surface area contributed by atoms with E-state index in [9.17, 15) is 26.8 Å². The lowest BCUT2D eigenvalue weighted by atomic mass is 10.0. The number of nitrogens with one attached hydrogen (secondary N) is 2. The maximum Gasteiger partial charge on any atom is 0.264 e. The van der Waals surface area contributed by atoms with Crippen molar-refractivity contribution in [3.8, 4) is 0 Å². The number of likely N-dealkylation sites (tertiary alicyclic amines) is 1. The van der Waals surface area contributed by atoms with Crippen LogP contribution in [0.1, 0.15) is 66.6 Å². The molecule has 0 bridgehead atoms. The van der Waals surface area contributed by atoms with Crippen molar-refractivity contribution in [3.63, 3.8) is 0 Å². The van der Waals surface area contributed by atoms with E-state index in [0.717, 1.165) is 19.4 Å². The second-order valence-corrected chi connectivity index (χ2v) is 11.7. The summed E-state index contributed by atoms with van der Waals surface area (Å²) < 4.78 is 52.7. The fourth-order valence-corrected chi connectivity index (χ4v) is 5.71. The molecule has 3 rings (SSSR count). The Kier molecular flexibility index (Phi) is 11.6. The number of nitrogens with zero attached hydrogens (tertiary/aromatic N) is 1. The largest absolute Gasteiger partial charge is 0.352 e. The molecule has 2 N–H and O–H groups in total. The Labute approximate surface area is 226 Å². The fourth-order valence-electron chi connectivity index (χ4n) is 4.39. The van der Waals surface area contributed by atoms with Crippen molar-refractivity contribution in [1.82, 2.24) is 15.5 Å². The van der Waals surface area contributed by atoms with Gasteiger partial charge in [0.2, 0.25) is 5.91 Å². The highest BCUT2D eigenvalue weighted by atomic mass is 35.5. The van der Waals surface area contributed by atoms with Gasteiger partial charge in [0.1, 0.15) is 0 Å². The average molecular weight is 576 g/mol. The highest BCUT2D eigenvalue weighted by Crippen LogP contribution is 2.27. The molecule has 12 heteroatoms. The molecule has 0 spiro atoms. The van der Waals surface area contributed by atoms with Crippen LogP contribution < -0.4 is 10.6 Å². The van der Waals surface area contributed by atoms with E-state index in [2.05, 4.69) is 10.6 Å². The zero-order valence-electron chi connectivity index (χ0n) is 21.3. The number of amides is 2. The zero-order chi connectivity index (χ0) is 27.2. The van der Waals surface area contributed by atoms with Gasteiger partial charge in [-0.3, -0.25) is 19.2 Å². The lowest BCUT2D eigenvalue weighted by Gasteiger charge is -2.33. The van der Waals surface area contributed by atoms with Crippen molar-refractivity contribution in [1.29, 1.82) is 0 Å². The molecule has 210 valence electrons. The van der Waals surface area contributed by atoms with Crippen molar-refractivity contribution >= 4 is 33.3 Å².